The first-order chi connectivity index (χ1) is 9.15. The molecule has 2 rings (SSSR count). The van der Waals surface area contributed by atoms with Gasteiger partial charge in [-0.25, -0.2) is 4.79 Å². The van der Waals surface area contributed by atoms with Crippen molar-refractivity contribution < 1.29 is 9.53 Å². The van der Waals surface area contributed by atoms with E-state index in [1.54, 1.807) is 7.11 Å². The SMILES string of the molecule is CCC(C)N1CCN(C(=O)N2CCC(OC)C2)CC1. The minimum atomic E-state index is 0.198. The number of hydrogen-bond acceptors (Lipinski definition) is 3. The van der Waals surface area contributed by atoms with Gasteiger partial charge in [-0.2, -0.15) is 0 Å². The van der Waals surface area contributed by atoms with E-state index in [2.05, 4.69) is 18.7 Å². The van der Waals surface area contributed by atoms with Crippen LogP contribution in [0.25, 0.3) is 0 Å². The number of nitrogens with zero attached hydrogens (tertiary/aromatic N) is 3. The quantitative estimate of drug-likeness (QED) is 0.773. The minimum Gasteiger partial charge on any atom is -0.380 e. The van der Waals surface area contributed by atoms with Crippen LogP contribution in [0.15, 0.2) is 0 Å². The number of amides is 2. The zero-order valence-electron chi connectivity index (χ0n) is 12.5. The normalized spacial score (nSPS) is 26.8. The maximum absolute atomic E-state index is 12.4. The highest BCUT2D eigenvalue weighted by Crippen LogP contribution is 2.16. The Morgan fingerprint density at radius 3 is 2.42 bits per heavy atom. The van der Waals surface area contributed by atoms with E-state index in [9.17, 15) is 4.79 Å². The molecule has 5 heteroatoms. The van der Waals surface area contributed by atoms with Gasteiger partial charge in [0.05, 0.1) is 6.10 Å². The molecule has 2 fully saturated rings. The lowest BCUT2D eigenvalue weighted by Crippen LogP contribution is -2.54. The molecule has 2 saturated heterocycles. The number of likely N-dealkylation sites (tertiary alicyclic amines) is 1. The molecule has 0 spiro atoms. The number of carbonyl (C=O) groups is 1. The second-order valence-corrected chi connectivity index (χ2v) is 5.66. The zero-order valence-corrected chi connectivity index (χ0v) is 12.5. The summed E-state index contributed by atoms with van der Waals surface area (Å²) in [6.07, 6.45) is 2.37. The lowest BCUT2D eigenvalue weighted by Gasteiger charge is -2.39. The van der Waals surface area contributed by atoms with Crippen molar-refractivity contribution in [3.05, 3.63) is 0 Å². The molecule has 0 saturated carbocycles. The Hall–Kier alpha value is -0.810. The Labute approximate surface area is 116 Å². The van der Waals surface area contributed by atoms with E-state index in [1.807, 2.05) is 9.80 Å². The molecule has 2 amide bonds. The molecule has 2 atom stereocenters. The van der Waals surface area contributed by atoms with Crippen molar-refractivity contribution in [2.45, 2.75) is 38.8 Å². The summed E-state index contributed by atoms with van der Waals surface area (Å²) in [6, 6.07) is 0.824. The van der Waals surface area contributed by atoms with E-state index in [0.717, 1.165) is 45.7 Å². The third-order valence-electron chi connectivity index (χ3n) is 4.55. The molecular weight excluding hydrogens is 242 g/mol. The molecule has 0 aromatic heterocycles. The number of carbonyl (C=O) groups excluding carboxylic acids is 1. The molecule has 2 unspecified atom stereocenters. The second-order valence-electron chi connectivity index (χ2n) is 5.66. The van der Waals surface area contributed by atoms with Crippen LogP contribution >= 0.6 is 0 Å². The predicted octanol–water partition coefficient (Wildman–Crippen LogP) is 1.24. The summed E-state index contributed by atoms with van der Waals surface area (Å²) in [5, 5.41) is 0. The smallest absolute Gasteiger partial charge is 0.320 e. The third kappa shape index (κ3) is 3.39. The Kier molecular flexibility index (Phi) is 5.05. The maximum atomic E-state index is 12.4. The topological polar surface area (TPSA) is 36.0 Å². The Morgan fingerprint density at radius 2 is 1.89 bits per heavy atom. The highest BCUT2D eigenvalue weighted by molar-refractivity contribution is 5.75. The van der Waals surface area contributed by atoms with Crippen LogP contribution in [0.1, 0.15) is 26.7 Å². The van der Waals surface area contributed by atoms with Gasteiger partial charge in [0.1, 0.15) is 0 Å². The monoisotopic (exact) mass is 269 g/mol. The molecule has 19 heavy (non-hydrogen) atoms. The highest BCUT2D eigenvalue weighted by Gasteiger charge is 2.31. The molecule has 0 aromatic rings. The van der Waals surface area contributed by atoms with Gasteiger partial charge in [-0.1, -0.05) is 6.92 Å². The number of hydrogen-bond donors (Lipinski definition) is 0. The molecule has 2 aliphatic heterocycles. The number of ether oxygens (including phenoxy) is 1. The van der Waals surface area contributed by atoms with Crippen LogP contribution in [0.4, 0.5) is 4.79 Å². The van der Waals surface area contributed by atoms with Gasteiger partial charge < -0.3 is 14.5 Å². The van der Waals surface area contributed by atoms with E-state index in [0.29, 0.717) is 6.04 Å². The fraction of sp³-hybridized carbons (Fsp3) is 0.929. The predicted molar refractivity (Wildman–Crippen MR) is 75.3 cm³/mol. The first-order valence-corrected chi connectivity index (χ1v) is 7.46. The number of urea groups is 1. The van der Waals surface area contributed by atoms with Crippen molar-refractivity contribution in [3.8, 4) is 0 Å². The van der Waals surface area contributed by atoms with E-state index < -0.39 is 0 Å². The van der Waals surface area contributed by atoms with Crippen LogP contribution in [0.3, 0.4) is 0 Å². The molecule has 5 nitrogen and oxygen atoms in total. The van der Waals surface area contributed by atoms with E-state index in [-0.39, 0.29) is 12.1 Å². The molecule has 0 radical (unpaired) electrons. The van der Waals surface area contributed by atoms with E-state index in [4.69, 9.17) is 4.74 Å². The van der Waals surface area contributed by atoms with Crippen molar-refractivity contribution in [2.24, 2.45) is 0 Å². The molecule has 0 bridgehead atoms. The molecule has 0 aromatic carbocycles. The number of rotatable bonds is 3. The van der Waals surface area contributed by atoms with Gasteiger partial charge in [0.25, 0.3) is 0 Å². The molecule has 110 valence electrons. The molecule has 2 aliphatic rings. The molecule has 2 heterocycles. The van der Waals surface area contributed by atoms with Crippen molar-refractivity contribution in [1.29, 1.82) is 0 Å². The number of methoxy groups -OCH3 is 1. The average Bonchev–Trinajstić information content (AvgIpc) is 2.94. The van der Waals surface area contributed by atoms with Gasteiger partial charge in [-0.05, 0) is 19.8 Å². The first-order valence-electron chi connectivity index (χ1n) is 7.46. The standard InChI is InChI=1S/C14H27N3O2/c1-4-12(2)15-7-9-16(10-8-15)14(18)17-6-5-13(11-17)19-3/h12-13H,4-11H2,1-3H3. The van der Waals surface area contributed by atoms with Crippen LogP contribution in [0.5, 0.6) is 0 Å². The zero-order chi connectivity index (χ0) is 13.8. The summed E-state index contributed by atoms with van der Waals surface area (Å²) >= 11 is 0. The van der Waals surface area contributed by atoms with Gasteiger partial charge in [0.2, 0.25) is 0 Å². The second kappa shape index (κ2) is 6.57. The summed E-state index contributed by atoms with van der Waals surface area (Å²) in [4.78, 5) is 18.8. The Balaban J connectivity index is 1.80. The van der Waals surface area contributed by atoms with Crippen molar-refractivity contribution in [1.82, 2.24) is 14.7 Å². The van der Waals surface area contributed by atoms with Crippen LogP contribution in [0, 0.1) is 0 Å². The molecular formula is C14H27N3O2. The average molecular weight is 269 g/mol. The van der Waals surface area contributed by atoms with Crippen molar-refractivity contribution in [2.75, 3.05) is 46.4 Å². The summed E-state index contributed by atoms with van der Waals surface area (Å²) in [7, 11) is 1.73. The fourth-order valence-electron chi connectivity index (χ4n) is 2.91. The van der Waals surface area contributed by atoms with Crippen molar-refractivity contribution in [3.63, 3.8) is 0 Å². The third-order valence-corrected chi connectivity index (χ3v) is 4.55. The van der Waals surface area contributed by atoms with E-state index >= 15 is 0 Å². The van der Waals surface area contributed by atoms with E-state index in [1.165, 1.54) is 6.42 Å². The Morgan fingerprint density at radius 1 is 1.21 bits per heavy atom. The van der Waals surface area contributed by atoms with Gasteiger partial charge in [-0.15, -0.1) is 0 Å². The maximum Gasteiger partial charge on any atom is 0.320 e. The van der Waals surface area contributed by atoms with Crippen LogP contribution in [-0.2, 0) is 4.74 Å². The lowest BCUT2D eigenvalue weighted by atomic mass is 10.2. The van der Waals surface area contributed by atoms with Gasteiger partial charge in [0.15, 0.2) is 0 Å². The fourth-order valence-corrected chi connectivity index (χ4v) is 2.91. The highest BCUT2D eigenvalue weighted by atomic mass is 16.5. The summed E-state index contributed by atoms with van der Waals surface area (Å²) in [5.41, 5.74) is 0. The summed E-state index contributed by atoms with van der Waals surface area (Å²) < 4.78 is 5.32. The molecule has 0 N–H and O–H groups in total. The minimum absolute atomic E-state index is 0.198. The van der Waals surface area contributed by atoms with Crippen molar-refractivity contribution >= 4 is 6.03 Å². The molecule has 0 aliphatic carbocycles. The number of piperazine rings is 1. The lowest BCUT2D eigenvalue weighted by molar-refractivity contribution is 0.0869. The Bertz CT molecular complexity index is 303. The first kappa shape index (κ1) is 14.6. The summed E-state index contributed by atoms with van der Waals surface area (Å²) in [5.74, 6) is 0. The van der Waals surface area contributed by atoms with Gasteiger partial charge in [0, 0.05) is 52.4 Å². The summed E-state index contributed by atoms with van der Waals surface area (Å²) in [6.45, 7) is 9.79. The van der Waals surface area contributed by atoms with Gasteiger partial charge >= 0.3 is 6.03 Å². The largest absolute Gasteiger partial charge is 0.380 e. The van der Waals surface area contributed by atoms with Crippen LogP contribution in [-0.4, -0.2) is 79.3 Å². The van der Waals surface area contributed by atoms with Gasteiger partial charge in [-0.3, -0.25) is 4.90 Å². The van der Waals surface area contributed by atoms with Crippen LogP contribution in [0.2, 0.25) is 0 Å². The van der Waals surface area contributed by atoms with Crippen LogP contribution < -0.4 is 0 Å².